The molecule has 0 unspecified atom stereocenters. The van der Waals surface area contributed by atoms with Gasteiger partial charge >= 0.3 is 0 Å². The molecule has 2 aromatic carbocycles. The van der Waals surface area contributed by atoms with E-state index >= 15 is 0 Å². The fourth-order valence-electron chi connectivity index (χ4n) is 3.30. The number of hydrogen-bond acceptors (Lipinski definition) is 4. The molecule has 128 valence electrons. The van der Waals surface area contributed by atoms with Gasteiger partial charge in [-0.2, -0.15) is 10.5 Å². The number of nitrogens with zero attached hydrogens (tertiary/aromatic N) is 3. The number of aryl methyl sites for hydroxylation is 2. The topological polar surface area (TPSA) is 77.1 Å². The zero-order valence-electron chi connectivity index (χ0n) is 14.8. The number of amides is 1. The standard InChI is InChI=1S/C21H17N3O2/c1-13-8-14(2)20-18(9-13)19(16(10-22)11-23)21(25)24(20)12-15-4-6-17(26-3)7-5-15/h4-9H,12H2,1-3H3. The molecular formula is C21H17N3O2. The number of fused-ring (bicyclic) bond motifs is 1. The molecule has 0 aromatic heterocycles. The minimum Gasteiger partial charge on any atom is -0.497 e. The molecular weight excluding hydrogens is 326 g/mol. The van der Waals surface area contributed by atoms with Crippen molar-refractivity contribution in [2.45, 2.75) is 20.4 Å². The first-order chi connectivity index (χ1) is 12.5. The highest BCUT2D eigenvalue weighted by atomic mass is 16.5. The molecule has 0 fully saturated rings. The van der Waals surface area contributed by atoms with Gasteiger partial charge in [-0.3, -0.25) is 4.79 Å². The zero-order chi connectivity index (χ0) is 18.8. The number of allylic oxidation sites excluding steroid dienone is 1. The first kappa shape index (κ1) is 17.3. The lowest BCUT2D eigenvalue weighted by Crippen LogP contribution is -2.26. The smallest absolute Gasteiger partial charge is 0.261 e. The maximum atomic E-state index is 13.1. The molecule has 1 aliphatic rings. The van der Waals surface area contributed by atoms with Crippen molar-refractivity contribution in [2.75, 3.05) is 12.0 Å². The molecule has 0 aliphatic carbocycles. The summed E-state index contributed by atoms with van der Waals surface area (Å²) < 4.78 is 5.17. The van der Waals surface area contributed by atoms with Crippen LogP contribution in [0.25, 0.3) is 5.57 Å². The number of anilines is 1. The molecule has 0 bridgehead atoms. The van der Waals surface area contributed by atoms with Crippen molar-refractivity contribution >= 4 is 17.2 Å². The Morgan fingerprint density at radius 2 is 1.77 bits per heavy atom. The molecule has 3 rings (SSSR count). The van der Waals surface area contributed by atoms with Gasteiger partial charge in [-0.05, 0) is 43.2 Å². The van der Waals surface area contributed by atoms with Crippen molar-refractivity contribution in [2.24, 2.45) is 0 Å². The molecule has 0 saturated heterocycles. The molecule has 0 radical (unpaired) electrons. The largest absolute Gasteiger partial charge is 0.497 e. The Labute approximate surface area is 152 Å². The van der Waals surface area contributed by atoms with E-state index in [4.69, 9.17) is 4.74 Å². The van der Waals surface area contributed by atoms with Crippen molar-refractivity contribution < 1.29 is 9.53 Å². The van der Waals surface area contributed by atoms with Gasteiger partial charge in [0.1, 0.15) is 23.5 Å². The van der Waals surface area contributed by atoms with Crippen LogP contribution in [0.5, 0.6) is 5.75 Å². The number of methoxy groups -OCH3 is 1. The summed E-state index contributed by atoms with van der Waals surface area (Å²) in [6.45, 7) is 4.22. The van der Waals surface area contributed by atoms with Crippen molar-refractivity contribution in [3.05, 3.63) is 64.2 Å². The first-order valence-electron chi connectivity index (χ1n) is 8.11. The lowest BCUT2D eigenvalue weighted by Gasteiger charge is -2.19. The van der Waals surface area contributed by atoms with E-state index in [0.717, 1.165) is 28.1 Å². The monoisotopic (exact) mass is 343 g/mol. The van der Waals surface area contributed by atoms with E-state index < -0.39 is 0 Å². The predicted molar refractivity (Wildman–Crippen MR) is 98.2 cm³/mol. The molecule has 0 spiro atoms. The summed E-state index contributed by atoms with van der Waals surface area (Å²) in [4.78, 5) is 14.7. The summed E-state index contributed by atoms with van der Waals surface area (Å²) in [5.74, 6) is 0.424. The molecule has 0 atom stereocenters. The predicted octanol–water partition coefficient (Wildman–Crippen LogP) is 3.66. The van der Waals surface area contributed by atoms with Gasteiger partial charge in [0.15, 0.2) is 0 Å². The summed E-state index contributed by atoms with van der Waals surface area (Å²) in [5, 5.41) is 18.6. The van der Waals surface area contributed by atoms with Crippen LogP contribution in [0.1, 0.15) is 22.3 Å². The summed E-state index contributed by atoms with van der Waals surface area (Å²) >= 11 is 0. The molecule has 1 heterocycles. The van der Waals surface area contributed by atoms with Gasteiger partial charge < -0.3 is 9.64 Å². The van der Waals surface area contributed by atoms with Crippen LogP contribution >= 0.6 is 0 Å². The number of hydrogen-bond donors (Lipinski definition) is 0. The lowest BCUT2D eigenvalue weighted by molar-refractivity contribution is -0.113. The van der Waals surface area contributed by atoms with Crippen LogP contribution < -0.4 is 9.64 Å². The molecule has 5 nitrogen and oxygen atoms in total. The quantitative estimate of drug-likeness (QED) is 0.629. The van der Waals surface area contributed by atoms with Crippen molar-refractivity contribution in [1.29, 1.82) is 10.5 Å². The normalized spacial score (nSPS) is 12.4. The van der Waals surface area contributed by atoms with Gasteiger partial charge in [0.25, 0.3) is 5.91 Å². The van der Waals surface area contributed by atoms with Crippen molar-refractivity contribution in [3.63, 3.8) is 0 Å². The number of carbonyl (C=O) groups excluding carboxylic acids is 1. The van der Waals surface area contributed by atoms with Gasteiger partial charge in [0, 0.05) is 5.56 Å². The Bertz CT molecular complexity index is 989. The third-order valence-corrected chi connectivity index (χ3v) is 4.42. The zero-order valence-corrected chi connectivity index (χ0v) is 14.8. The van der Waals surface area contributed by atoms with Crippen LogP contribution in [-0.2, 0) is 11.3 Å². The van der Waals surface area contributed by atoms with E-state index in [9.17, 15) is 15.3 Å². The second-order valence-corrected chi connectivity index (χ2v) is 6.19. The first-order valence-corrected chi connectivity index (χ1v) is 8.11. The second-order valence-electron chi connectivity index (χ2n) is 6.19. The van der Waals surface area contributed by atoms with Crippen molar-refractivity contribution in [3.8, 4) is 17.9 Å². The number of carbonyl (C=O) groups is 1. The summed E-state index contributed by atoms with van der Waals surface area (Å²) in [6.07, 6.45) is 0. The fraction of sp³-hybridized carbons (Fsp3) is 0.190. The van der Waals surface area contributed by atoms with E-state index in [1.165, 1.54) is 0 Å². The minimum absolute atomic E-state index is 0.154. The molecule has 1 amide bonds. The molecule has 5 heteroatoms. The second kappa shape index (κ2) is 6.74. The van der Waals surface area contributed by atoms with Gasteiger partial charge in [-0.15, -0.1) is 0 Å². The molecule has 1 aliphatic heterocycles. The average molecular weight is 343 g/mol. The molecule has 2 aromatic rings. The highest BCUT2D eigenvalue weighted by Gasteiger charge is 2.36. The number of benzene rings is 2. The van der Waals surface area contributed by atoms with E-state index in [1.54, 1.807) is 12.0 Å². The fourth-order valence-corrected chi connectivity index (χ4v) is 3.30. The molecule has 26 heavy (non-hydrogen) atoms. The Kier molecular flexibility index (Phi) is 4.47. The maximum absolute atomic E-state index is 13.1. The maximum Gasteiger partial charge on any atom is 0.261 e. The summed E-state index contributed by atoms with van der Waals surface area (Å²) in [5.41, 5.74) is 4.29. The van der Waals surface area contributed by atoms with Crippen molar-refractivity contribution in [1.82, 2.24) is 0 Å². The Morgan fingerprint density at radius 1 is 1.12 bits per heavy atom. The van der Waals surface area contributed by atoms with E-state index in [-0.39, 0.29) is 17.1 Å². The SMILES string of the molecule is COc1ccc(CN2C(=O)C(=C(C#N)C#N)c3cc(C)cc(C)c32)cc1. The van der Waals surface area contributed by atoms with Crippen LogP contribution in [0.2, 0.25) is 0 Å². The summed E-state index contributed by atoms with van der Waals surface area (Å²) in [6, 6.07) is 15.0. The van der Waals surface area contributed by atoms with Crippen LogP contribution in [0.15, 0.2) is 42.0 Å². The van der Waals surface area contributed by atoms with Gasteiger partial charge in [0.05, 0.1) is 24.9 Å². The Hall–Kier alpha value is -3.57. The highest BCUT2D eigenvalue weighted by molar-refractivity contribution is 6.34. The van der Waals surface area contributed by atoms with Gasteiger partial charge in [0.2, 0.25) is 0 Å². The highest BCUT2D eigenvalue weighted by Crippen LogP contribution is 2.42. The van der Waals surface area contributed by atoms with Crippen LogP contribution in [0.4, 0.5) is 5.69 Å². The third-order valence-electron chi connectivity index (χ3n) is 4.42. The minimum atomic E-state index is -0.317. The van der Waals surface area contributed by atoms with E-state index in [0.29, 0.717) is 12.1 Å². The summed E-state index contributed by atoms with van der Waals surface area (Å²) in [7, 11) is 1.60. The molecule has 0 saturated carbocycles. The number of rotatable bonds is 3. The van der Waals surface area contributed by atoms with Gasteiger partial charge in [-0.1, -0.05) is 23.8 Å². The van der Waals surface area contributed by atoms with Crippen LogP contribution in [-0.4, -0.2) is 13.0 Å². The van der Waals surface area contributed by atoms with E-state index in [1.807, 2.05) is 62.4 Å². The van der Waals surface area contributed by atoms with Gasteiger partial charge in [-0.25, -0.2) is 0 Å². The van der Waals surface area contributed by atoms with E-state index in [2.05, 4.69) is 0 Å². The number of nitriles is 2. The van der Waals surface area contributed by atoms with Crippen LogP contribution in [0.3, 0.4) is 0 Å². The Morgan fingerprint density at radius 3 is 2.35 bits per heavy atom. The molecule has 0 N–H and O–H groups in total. The Balaban J connectivity index is 2.13. The third kappa shape index (κ3) is 2.81. The number of ether oxygens (including phenoxy) is 1. The van der Waals surface area contributed by atoms with Crippen LogP contribution in [0, 0.1) is 36.5 Å². The average Bonchev–Trinajstić information content (AvgIpc) is 2.89. The lowest BCUT2D eigenvalue weighted by atomic mass is 9.98.